The van der Waals surface area contributed by atoms with E-state index >= 15 is 0 Å². The van der Waals surface area contributed by atoms with E-state index in [9.17, 15) is 15.2 Å². The first-order chi connectivity index (χ1) is 15.8. The summed E-state index contributed by atoms with van der Waals surface area (Å²) in [6, 6.07) is 21.4. The predicted molar refractivity (Wildman–Crippen MR) is 126 cm³/mol. The van der Waals surface area contributed by atoms with Crippen molar-refractivity contribution >= 4 is 5.91 Å². The lowest BCUT2D eigenvalue weighted by molar-refractivity contribution is -0.00937. The SMILES string of the molecule is CC(C)(O)Cc1ccc(C(=O)N2CCC3(CC2)Oc2ccccc2-n2c(C#N)ccc23)cc1.[HH]. The molecular weight excluding hydrogens is 414 g/mol. The number of likely N-dealkylation sites (tertiary alicyclic amines) is 1. The molecule has 2 aliphatic rings. The van der Waals surface area contributed by atoms with Crippen molar-refractivity contribution in [2.45, 2.75) is 44.3 Å². The van der Waals surface area contributed by atoms with Gasteiger partial charge >= 0.3 is 0 Å². The van der Waals surface area contributed by atoms with Crippen molar-refractivity contribution in [3.63, 3.8) is 0 Å². The van der Waals surface area contributed by atoms with Crippen LogP contribution in [0.3, 0.4) is 0 Å². The Morgan fingerprint density at radius 1 is 1.12 bits per heavy atom. The molecule has 2 aromatic carbocycles. The highest BCUT2D eigenvalue weighted by Crippen LogP contribution is 2.45. The van der Waals surface area contributed by atoms with Gasteiger partial charge in [-0.2, -0.15) is 5.26 Å². The molecule has 2 aliphatic heterocycles. The molecule has 1 amide bonds. The van der Waals surface area contributed by atoms with Gasteiger partial charge < -0.3 is 14.7 Å². The van der Waals surface area contributed by atoms with Crippen molar-refractivity contribution in [3.05, 3.63) is 83.2 Å². The summed E-state index contributed by atoms with van der Waals surface area (Å²) in [6.45, 7) is 4.69. The summed E-state index contributed by atoms with van der Waals surface area (Å²) in [5.74, 6) is 0.767. The second-order valence-corrected chi connectivity index (χ2v) is 9.59. The third kappa shape index (κ3) is 3.79. The van der Waals surface area contributed by atoms with Crippen molar-refractivity contribution in [3.8, 4) is 17.5 Å². The Hall–Kier alpha value is -3.56. The highest BCUT2D eigenvalue weighted by atomic mass is 16.5. The van der Waals surface area contributed by atoms with E-state index in [1.54, 1.807) is 13.8 Å². The minimum atomic E-state index is -0.783. The highest BCUT2D eigenvalue weighted by molar-refractivity contribution is 5.94. The van der Waals surface area contributed by atoms with Crippen molar-refractivity contribution in [2.24, 2.45) is 0 Å². The van der Waals surface area contributed by atoms with E-state index in [4.69, 9.17) is 4.74 Å². The maximum Gasteiger partial charge on any atom is 0.253 e. The first kappa shape index (κ1) is 21.3. The van der Waals surface area contributed by atoms with Crippen LogP contribution in [0, 0.1) is 11.3 Å². The Balaban J connectivity index is 0.00000274. The normalized spacial score (nSPS) is 16.5. The van der Waals surface area contributed by atoms with E-state index < -0.39 is 11.2 Å². The Kier molecular flexibility index (Phi) is 5.02. The summed E-state index contributed by atoms with van der Waals surface area (Å²) < 4.78 is 8.55. The number of fused-ring (bicyclic) bond motifs is 4. The molecule has 0 atom stereocenters. The van der Waals surface area contributed by atoms with E-state index in [1.807, 2.05) is 70.1 Å². The van der Waals surface area contributed by atoms with Crippen molar-refractivity contribution in [1.29, 1.82) is 5.26 Å². The van der Waals surface area contributed by atoms with E-state index in [2.05, 4.69) is 6.07 Å². The van der Waals surface area contributed by atoms with Gasteiger partial charge in [0, 0.05) is 39.3 Å². The quantitative estimate of drug-likeness (QED) is 0.649. The maximum absolute atomic E-state index is 13.1. The van der Waals surface area contributed by atoms with Crippen LogP contribution in [0.2, 0.25) is 0 Å². The predicted octanol–water partition coefficient (Wildman–Crippen LogP) is 4.43. The van der Waals surface area contributed by atoms with E-state index in [0.717, 1.165) is 22.7 Å². The van der Waals surface area contributed by atoms with Crippen molar-refractivity contribution in [1.82, 2.24) is 9.47 Å². The molecule has 0 unspecified atom stereocenters. The first-order valence-electron chi connectivity index (χ1n) is 11.3. The average molecular weight is 444 g/mol. The number of nitrogens with zero attached hydrogens (tertiary/aromatic N) is 3. The number of nitriles is 1. The zero-order chi connectivity index (χ0) is 23.2. The Bertz CT molecular complexity index is 1240. The molecular formula is C27H29N3O3. The molecule has 1 aromatic heterocycles. The van der Waals surface area contributed by atoms with Gasteiger partial charge in [0.1, 0.15) is 17.5 Å². The summed E-state index contributed by atoms with van der Waals surface area (Å²) in [7, 11) is 0. The number of piperidine rings is 1. The van der Waals surface area contributed by atoms with Crippen LogP contribution in [-0.4, -0.2) is 39.2 Å². The second kappa shape index (κ2) is 7.79. The molecule has 6 heteroatoms. The van der Waals surface area contributed by atoms with Crippen LogP contribution < -0.4 is 4.74 Å². The largest absolute Gasteiger partial charge is 0.479 e. The molecule has 0 radical (unpaired) electrons. The smallest absolute Gasteiger partial charge is 0.253 e. The van der Waals surface area contributed by atoms with Crippen molar-refractivity contribution < 1.29 is 16.1 Å². The van der Waals surface area contributed by atoms with Crippen LogP contribution in [-0.2, 0) is 12.0 Å². The van der Waals surface area contributed by atoms with Crippen molar-refractivity contribution in [2.75, 3.05) is 13.1 Å². The van der Waals surface area contributed by atoms with E-state index in [-0.39, 0.29) is 7.33 Å². The minimum Gasteiger partial charge on any atom is -0.479 e. The van der Waals surface area contributed by atoms with Crippen LogP contribution in [0.5, 0.6) is 5.75 Å². The third-order valence-corrected chi connectivity index (χ3v) is 6.57. The fraction of sp³-hybridized carbons (Fsp3) is 0.333. The molecule has 0 aliphatic carbocycles. The molecule has 1 N–H and O–H groups in total. The monoisotopic (exact) mass is 443 g/mol. The third-order valence-electron chi connectivity index (χ3n) is 6.57. The maximum atomic E-state index is 13.1. The molecule has 1 saturated heterocycles. The molecule has 33 heavy (non-hydrogen) atoms. The Morgan fingerprint density at radius 2 is 1.82 bits per heavy atom. The number of aromatic nitrogens is 1. The number of rotatable bonds is 3. The number of benzene rings is 2. The summed E-state index contributed by atoms with van der Waals surface area (Å²) in [6.07, 6.45) is 1.84. The topological polar surface area (TPSA) is 78.5 Å². The second-order valence-electron chi connectivity index (χ2n) is 9.59. The van der Waals surface area contributed by atoms with E-state index in [0.29, 0.717) is 43.6 Å². The van der Waals surface area contributed by atoms with Crippen LogP contribution in [0.1, 0.15) is 55.4 Å². The molecule has 3 heterocycles. The number of aliphatic hydroxyl groups is 1. The number of amides is 1. The van der Waals surface area contributed by atoms with Gasteiger partial charge in [-0.15, -0.1) is 0 Å². The van der Waals surface area contributed by atoms with E-state index in [1.165, 1.54) is 0 Å². The van der Waals surface area contributed by atoms with Gasteiger partial charge in [0.2, 0.25) is 0 Å². The molecule has 5 rings (SSSR count). The van der Waals surface area contributed by atoms with Crippen LogP contribution >= 0.6 is 0 Å². The highest BCUT2D eigenvalue weighted by Gasteiger charge is 2.45. The molecule has 1 fully saturated rings. The summed E-state index contributed by atoms with van der Waals surface area (Å²) in [4.78, 5) is 15.0. The van der Waals surface area contributed by atoms with Gasteiger partial charge in [-0.1, -0.05) is 24.3 Å². The number of carbonyl (C=O) groups excluding carboxylic acids is 1. The number of ether oxygens (including phenoxy) is 1. The average Bonchev–Trinajstić information content (AvgIpc) is 3.24. The zero-order valence-electron chi connectivity index (χ0n) is 18.9. The molecule has 0 bridgehead atoms. The lowest BCUT2D eigenvalue weighted by Gasteiger charge is -2.45. The lowest BCUT2D eigenvalue weighted by Crippen LogP contribution is -2.50. The number of hydrogen-bond acceptors (Lipinski definition) is 4. The molecule has 1 spiro atoms. The first-order valence-corrected chi connectivity index (χ1v) is 11.3. The molecule has 6 nitrogen and oxygen atoms in total. The molecule has 170 valence electrons. The van der Waals surface area contributed by atoms with Gasteiger partial charge in [0.05, 0.1) is 17.0 Å². The fourth-order valence-corrected chi connectivity index (χ4v) is 5.01. The van der Waals surface area contributed by atoms with Gasteiger partial charge in [0.25, 0.3) is 5.91 Å². The fourth-order valence-electron chi connectivity index (χ4n) is 5.01. The summed E-state index contributed by atoms with van der Waals surface area (Å²) in [5, 5.41) is 19.7. The van der Waals surface area contributed by atoms with Gasteiger partial charge in [-0.3, -0.25) is 9.36 Å². The van der Waals surface area contributed by atoms with Gasteiger partial charge in [-0.25, -0.2) is 0 Å². The summed E-state index contributed by atoms with van der Waals surface area (Å²) >= 11 is 0. The lowest BCUT2D eigenvalue weighted by atomic mass is 9.86. The van der Waals surface area contributed by atoms with Gasteiger partial charge in [-0.05, 0) is 55.8 Å². The minimum absolute atomic E-state index is 0. The van der Waals surface area contributed by atoms with Gasteiger partial charge in [0.15, 0.2) is 5.60 Å². The van der Waals surface area contributed by atoms with Crippen LogP contribution in [0.15, 0.2) is 60.7 Å². The number of hydrogen-bond donors (Lipinski definition) is 1. The number of carbonyl (C=O) groups is 1. The van der Waals surface area contributed by atoms with Crippen LogP contribution in [0.25, 0.3) is 5.69 Å². The Labute approximate surface area is 195 Å². The molecule has 0 saturated carbocycles. The Morgan fingerprint density at radius 3 is 2.48 bits per heavy atom. The number of para-hydroxylation sites is 2. The van der Waals surface area contributed by atoms with Crippen LogP contribution in [0.4, 0.5) is 0 Å². The zero-order valence-corrected chi connectivity index (χ0v) is 18.9. The molecule has 3 aromatic rings. The summed E-state index contributed by atoms with van der Waals surface area (Å²) in [5.41, 5.74) is 2.75. The standard InChI is InChI=1S/C27H27N3O3.H2/c1-26(2,32)17-19-7-9-20(10-8-19)25(31)29-15-13-27(14-16-29)24-12-11-21(18-28)30(24)22-5-3-4-6-23(22)33-27;/h3-12,32H,13-17H2,1-2H3;1H.